The molecule has 0 saturated heterocycles. The van der Waals surface area contributed by atoms with Gasteiger partial charge in [-0.25, -0.2) is 0 Å². The van der Waals surface area contributed by atoms with Crippen LogP contribution in [0.5, 0.6) is 0 Å². The number of rotatable bonds is 7. The number of carbonyl (C=O) groups excluding carboxylic acids is 2. The predicted octanol–water partition coefficient (Wildman–Crippen LogP) is 2.70. The summed E-state index contributed by atoms with van der Waals surface area (Å²) in [6, 6.07) is 13.5. The second kappa shape index (κ2) is 8.82. The summed E-state index contributed by atoms with van der Waals surface area (Å²) in [5.41, 5.74) is 2.01. The Bertz CT molecular complexity index is 659. The molecule has 0 radical (unpaired) electrons. The highest BCUT2D eigenvalue weighted by Gasteiger charge is 2.14. The Morgan fingerprint density at radius 3 is 2.54 bits per heavy atom. The highest BCUT2D eigenvalue weighted by molar-refractivity contribution is 5.78. The van der Waals surface area contributed by atoms with E-state index in [4.69, 9.17) is 0 Å². The first kappa shape index (κ1) is 17.7. The fraction of sp³-hybridized carbons (Fsp3) is 0.316. The first-order chi connectivity index (χ1) is 11.6. The molecule has 1 heterocycles. The molecule has 1 N–H and O–H groups in total. The fourth-order valence-corrected chi connectivity index (χ4v) is 2.44. The number of hydrogen-bond acceptors (Lipinski definition) is 3. The van der Waals surface area contributed by atoms with Crippen LogP contribution in [0.3, 0.4) is 0 Å². The van der Waals surface area contributed by atoms with Gasteiger partial charge < -0.3 is 10.2 Å². The summed E-state index contributed by atoms with van der Waals surface area (Å²) in [6.45, 7) is 4.31. The number of amides is 2. The molecule has 0 aliphatic heterocycles. The standard InChI is InChI=1S/C19H23N3O2/c1-15(18-8-4-3-5-9-18)21-19(24)10-12-22(16(2)23)14-17-7-6-11-20-13-17/h3-9,11,13,15H,10,12,14H2,1-2H3,(H,21,24). The van der Waals surface area contributed by atoms with Gasteiger partial charge in [0.2, 0.25) is 11.8 Å². The van der Waals surface area contributed by atoms with Gasteiger partial charge in [-0.3, -0.25) is 14.6 Å². The maximum atomic E-state index is 12.1. The monoisotopic (exact) mass is 325 g/mol. The van der Waals surface area contributed by atoms with E-state index in [1.165, 1.54) is 6.92 Å². The second-order valence-electron chi connectivity index (χ2n) is 5.75. The molecule has 2 rings (SSSR count). The van der Waals surface area contributed by atoms with Crippen LogP contribution < -0.4 is 5.32 Å². The van der Waals surface area contributed by atoms with E-state index >= 15 is 0 Å². The van der Waals surface area contributed by atoms with Crippen molar-refractivity contribution in [3.63, 3.8) is 0 Å². The molecule has 0 saturated carbocycles. The molecule has 2 aromatic rings. The molecule has 5 nitrogen and oxygen atoms in total. The zero-order valence-corrected chi connectivity index (χ0v) is 14.1. The van der Waals surface area contributed by atoms with E-state index in [0.29, 0.717) is 13.1 Å². The van der Waals surface area contributed by atoms with Gasteiger partial charge in [-0.05, 0) is 24.1 Å². The largest absolute Gasteiger partial charge is 0.350 e. The SMILES string of the molecule is CC(=O)N(CCC(=O)NC(C)c1ccccc1)Cc1cccnc1. The van der Waals surface area contributed by atoms with Crippen molar-refractivity contribution >= 4 is 11.8 Å². The minimum Gasteiger partial charge on any atom is -0.350 e. The lowest BCUT2D eigenvalue weighted by Crippen LogP contribution is -2.34. The third-order valence-electron chi connectivity index (χ3n) is 3.83. The van der Waals surface area contributed by atoms with Crippen molar-refractivity contribution in [1.29, 1.82) is 0 Å². The van der Waals surface area contributed by atoms with E-state index < -0.39 is 0 Å². The first-order valence-corrected chi connectivity index (χ1v) is 8.05. The van der Waals surface area contributed by atoms with Crippen LogP contribution in [0.4, 0.5) is 0 Å². The van der Waals surface area contributed by atoms with Crippen LogP contribution in [0, 0.1) is 0 Å². The van der Waals surface area contributed by atoms with Crippen LogP contribution in [0.1, 0.15) is 37.4 Å². The molecule has 0 fully saturated rings. The lowest BCUT2D eigenvalue weighted by molar-refractivity contribution is -0.130. The Labute approximate surface area is 142 Å². The number of aromatic nitrogens is 1. The van der Waals surface area contributed by atoms with Crippen LogP contribution >= 0.6 is 0 Å². The molecule has 0 aliphatic rings. The summed E-state index contributed by atoms with van der Waals surface area (Å²) >= 11 is 0. The Hall–Kier alpha value is -2.69. The molecule has 1 unspecified atom stereocenters. The third-order valence-corrected chi connectivity index (χ3v) is 3.83. The molecule has 1 aromatic carbocycles. The lowest BCUT2D eigenvalue weighted by Gasteiger charge is -2.21. The highest BCUT2D eigenvalue weighted by atomic mass is 16.2. The fourth-order valence-electron chi connectivity index (χ4n) is 2.44. The van der Waals surface area contributed by atoms with E-state index in [9.17, 15) is 9.59 Å². The van der Waals surface area contributed by atoms with Gasteiger partial charge in [-0.1, -0.05) is 36.4 Å². The highest BCUT2D eigenvalue weighted by Crippen LogP contribution is 2.11. The molecule has 1 aromatic heterocycles. The van der Waals surface area contributed by atoms with Crippen LogP contribution in [-0.4, -0.2) is 28.2 Å². The van der Waals surface area contributed by atoms with Crippen molar-refractivity contribution in [2.75, 3.05) is 6.54 Å². The Morgan fingerprint density at radius 2 is 1.92 bits per heavy atom. The average molecular weight is 325 g/mol. The number of nitrogens with zero attached hydrogens (tertiary/aromatic N) is 2. The molecule has 2 amide bonds. The topological polar surface area (TPSA) is 62.3 Å². The Morgan fingerprint density at radius 1 is 1.17 bits per heavy atom. The number of carbonyl (C=O) groups is 2. The van der Waals surface area contributed by atoms with Crippen LogP contribution in [-0.2, 0) is 16.1 Å². The van der Waals surface area contributed by atoms with E-state index in [1.807, 2.05) is 49.4 Å². The molecule has 24 heavy (non-hydrogen) atoms. The molecule has 0 spiro atoms. The van der Waals surface area contributed by atoms with Gasteiger partial charge in [-0.15, -0.1) is 0 Å². The van der Waals surface area contributed by atoms with E-state index in [2.05, 4.69) is 10.3 Å². The van der Waals surface area contributed by atoms with Crippen LogP contribution in [0.15, 0.2) is 54.9 Å². The predicted molar refractivity (Wildman–Crippen MR) is 92.9 cm³/mol. The van der Waals surface area contributed by atoms with Gasteiger partial charge in [0.1, 0.15) is 0 Å². The summed E-state index contributed by atoms with van der Waals surface area (Å²) in [4.78, 5) is 29.6. The van der Waals surface area contributed by atoms with E-state index in [1.54, 1.807) is 17.3 Å². The van der Waals surface area contributed by atoms with Gasteiger partial charge in [-0.2, -0.15) is 0 Å². The number of hydrogen-bond donors (Lipinski definition) is 1. The van der Waals surface area contributed by atoms with Crippen LogP contribution in [0.2, 0.25) is 0 Å². The Balaban J connectivity index is 1.85. The summed E-state index contributed by atoms with van der Waals surface area (Å²) in [5.74, 6) is -0.119. The van der Waals surface area contributed by atoms with Gasteiger partial charge in [0.05, 0.1) is 6.04 Å². The molecule has 0 aliphatic carbocycles. The average Bonchev–Trinajstić information content (AvgIpc) is 2.60. The minimum absolute atomic E-state index is 0.0530. The van der Waals surface area contributed by atoms with Crippen molar-refractivity contribution in [3.05, 3.63) is 66.0 Å². The maximum Gasteiger partial charge on any atom is 0.222 e. The van der Waals surface area contributed by atoms with Crippen molar-refractivity contribution in [1.82, 2.24) is 15.2 Å². The zero-order valence-electron chi connectivity index (χ0n) is 14.1. The second-order valence-corrected chi connectivity index (χ2v) is 5.75. The number of pyridine rings is 1. The Kier molecular flexibility index (Phi) is 6.49. The molecular formula is C19H23N3O2. The van der Waals surface area contributed by atoms with E-state index in [0.717, 1.165) is 11.1 Å². The third kappa shape index (κ3) is 5.50. The van der Waals surface area contributed by atoms with Crippen molar-refractivity contribution in [2.24, 2.45) is 0 Å². The zero-order chi connectivity index (χ0) is 17.4. The number of benzene rings is 1. The van der Waals surface area contributed by atoms with E-state index in [-0.39, 0.29) is 24.3 Å². The summed E-state index contributed by atoms with van der Waals surface area (Å²) < 4.78 is 0. The lowest BCUT2D eigenvalue weighted by atomic mass is 10.1. The molecular weight excluding hydrogens is 302 g/mol. The van der Waals surface area contributed by atoms with Gasteiger partial charge >= 0.3 is 0 Å². The van der Waals surface area contributed by atoms with Gasteiger partial charge in [0.25, 0.3) is 0 Å². The quantitative estimate of drug-likeness (QED) is 0.851. The normalized spacial score (nSPS) is 11.6. The molecule has 1 atom stereocenters. The van der Waals surface area contributed by atoms with Crippen molar-refractivity contribution in [3.8, 4) is 0 Å². The smallest absolute Gasteiger partial charge is 0.222 e. The van der Waals surface area contributed by atoms with Gasteiger partial charge in [0.15, 0.2) is 0 Å². The molecule has 126 valence electrons. The first-order valence-electron chi connectivity index (χ1n) is 8.05. The summed E-state index contributed by atoms with van der Waals surface area (Å²) in [7, 11) is 0. The van der Waals surface area contributed by atoms with Crippen LogP contribution in [0.25, 0.3) is 0 Å². The van der Waals surface area contributed by atoms with Crippen molar-refractivity contribution < 1.29 is 9.59 Å². The molecule has 0 bridgehead atoms. The summed E-state index contributed by atoms with van der Waals surface area (Å²) in [5, 5.41) is 2.97. The summed E-state index contributed by atoms with van der Waals surface area (Å²) in [6.07, 6.45) is 3.70. The maximum absolute atomic E-state index is 12.1. The van der Waals surface area contributed by atoms with Gasteiger partial charge in [0, 0.05) is 38.8 Å². The van der Waals surface area contributed by atoms with Crippen molar-refractivity contribution in [2.45, 2.75) is 32.9 Å². The molecule has 5 heteroatoms. The number of nitrogens with one attached hydrogen (secondary N) is 1. The minimum atomic E-state index is -0.0659.